The number of H-pyrrole nitrogens is 1. The summed E-state index contributed by atoms with van der Waals surface area (Å²) in [5, 5.41) is 4.66. The lowest BCUT2D eigenvalue weighted by Crippen LogP contribution is -2.11. The van der Waals surface area contributed by atoms with Gasteiger partial charge >= 0.3 is 0 Å². The highest BCUT2D eigenvalue weighted by molar-refractivity contribution is 7.22. The third-order valence-electron chi connectivity index (χ3n) is 4.14. The number of nitrogens with zero attached hydrogens (tertiary/aromatic N) is 1. The maximum absolute atomic E-state index is 12.3. The number of carbonyl (C=O) groups excluding carboxylic acids is 1. The number of nitrogens with one attached hydrogen (secondary N) is 2. The van der Waals surface area contributed by atoms with Gasteiger partial charge < -0.3 is 15.0 Å². The highest BCUT2D eigenvalue weighted by atomic mass is 32.1. The molecule has 2 heterocycles. The van der Waals surface area contributed by atoms with E-state index in [1.165, 1.54) is 16.7 Å². The number of aryl methyl sites for hydroxylation is 1. The van der Waals surface area contributed by atoms with E-state index in [0.29, 0.717) is 23.7 Å². The fourth-order valence-electron chi connectivity index (χ4n) is 2.91. The number of rotatable bonds is 5. The Morgan fingerprint density at radius 1 is 1.24 bits per heavy atom. The number of anilines is 1. The van der Waals surface area contributed by atoms with Crippen LogP contribution in [-0.2, 0) is 11.2 Å². The summed E-state index contributed by atoms with van der Waals surface area (Å²) in [5.74, 6) is 0.677. The Bertz CT molecular complexity index is 1050. The van der Waals surface area contributed by atoms with Gasteiger partial charge in [0.25, 0.3) is 0 Å². The second-order valence-corrected chi connectivity index (χ2v) is 6.76. The van der Waals surface area contributed by atoms with Gasteiger partial charge in [0.1, 0.15) is 11.3 Å². The van der Waals surface area contributed by atoms with E-state index in [0.717, 1.165) is 21.3 Å². The minimum atomic E-state index is -0.0386. The first-order valence-corrected chi connectivity index (χ1v) is 8.84. The number of amides is 1. The van der Waals surface area contributed by atoms with Crippen molar-refractivity contribution in [2.75, 3.05) is 12.4 Å². The van der Waals surface area contributed by atoms with Crippen molar-refractivity contribution in [3.05, 3.63) is 54.2 Å². The summed E-state index contributed by atoms with van der Waals surface area (Å²) >= 11 is 1.45. The van der Waals surface area contributed by atoms with Gasteiger partial charge in [-0.3, -0.25) is 4.79 Å². The lowest BCUT2D eigenvalue weighted by molar-refractivity contribution is -0.116. The third-order valence-corrected chi connectivity index (χ3v) is 5.08. The molecular formula is C19H17N3O2S. The van der Waals surface area contributed by atoms with Gasteiger partial charge in [-0.1, -0.05) is 35.6 Å². The first kappa shape index (κ1) is 15.7. The van der Waals surface area contributed by atoms with Gasteiger partial charge in [0.15, 0.2) is 5.13 Å². The van der Waals surface area contributed by atoms with Gasteiger partial charge in [0, 0.05) is 23.5 Å². The van der Waals surface area contributed by atoms with Crippen LogP contribution in [0, 0.1) is 0 Å². The Kier molecular flexibility index (Phi) is 4.11. The molecule has 0 unspecified atom stereocenters. The van der Waals surface area contributed by atoms with E-state index in [2.05, 4.69) is 21.4 Å². The summed E-state index contributed by atoms with van der Waals surface area (Å²) in [4.78, 5) is 20.0. The molecule has 2 aromatic carbocycles. The molecule has 0 saturated carbocycles. The fourth-order valence-corrected chi connectivity index (χ4v) is 3.81. The van der Waals surface area contributed by atoms with E-state index in [9.17, 15) is 4.79 Å². The van der Waals surface area contributed by atoms with Crippen LogP contribution in [0.25, 0.3) is 21.1 Å². The monoisotopic (exact) mass is 351 g/mol. The van der Waals surface area contributed by atoms with Crippen molar-refractivity contribution in [2.45, 2.75) is 12.8 Å². The molecule has 6 heteroatoms. The van der Waals surface area contributed by atoms with Crippen molar-refractivity contribution in [1.82, 2.24) is 9.97 Å². The highest BCUT2D eigenvalue weighted by Crippen LogP contribution is 2.32. The molecule has 25 heavy (non-hydrogen) atoms. The molecule has 0 aliphatic heterocycles. The van der Waals surface area contributed by atoms with E-state index >= 15 is 0 Å². The molecule has 0 spiro atoms. The topological polar surface area (TPSA) is 67.0 Å². The number of aromatic amines is 1. The zero-order valence-corrected chi connectivity index (χ0v) is 14.5. The predicted molar refractivity (Wildman–Crippen MR) is 101 cm³/mol. The molecule has 4 aromatic rings. The minimum absolute atomic E-state index is 0.0386. The average Bonchev–Trinajstić information content (AvgIpc) is 3.23. The Labute approximate surface area is 148 Å². The summed E-state index contributed by atoms with van der Waals surface area (Å²) in [6, 6.07) is 13.9. The molecule has 0 atom stereocenters. The molecule has 5 nitrogen and oxygen atoms in total. The third kappa shape index (κ3) is 3.08. The van der Waals surface area contributed by atoms with Crippen molar-refractivity contribution in [3.8, 4) is 5.75 Å². The molecule has 0 aliphatic rings. The number of thiazole rings is 1. The minimum Gasteiger partial charge on any atom is -0.494 e. The van der Waals surface area contributed by atoms with Crippen LogP contribution in [0.2, 0.25) is 0 Å². The Morgan fingerprint density at radius 2 is 2.12 bits per heavy atom. The van der Waals surface area contributed by atoms with Gasteiger partial charge in [0.2, 0.25) is 5.91 Å². The van der Waals surface area contributed by atoms with Crippen LogP contribution in [0.4, 0.5) is 5.13 Å². The number of ether oxygens (including phenoxy) is 1. The number of para-hydroxylation sites is 2. The summed E-state index contributed by atoms with van der Waals surface area (Å²) in [6.45, 7) is 0. The molecule has 0 saturated heterocycles. The standard InChI is InChI=1S/C19H17N3O2S/c1-24-15-7-4-8-16-18(15)22-19(25-16)21-17(23)10-9-12-11-20-14-6-3-2-5-13(12)14/h2-8,11,20H,9-10H2,1H3,(H,21,22,23). The first-order chi connectivity index (χ1) is 12.2. The number of fused-ring (bicyclic) bond motifs is 2. The fraction of sp³-hybridized carbons (Fsp3) is 0.158. The molecule has 2 aromatic heterocycles. The molecule has 4 rings (SSSR count). The zero-order valence-electron chi connectivity index (χ0n) is 13.7. The number of aromatic nitrogens is 2. The van der Waals surface area contributed by atoms with Crippen LogP contribution >= 0.6 is 11.3 Å². The van der Waals surface area contributed by atoms with E-state index in [4.69, 9.17) is 4.74 Å². The molecule has 2 N–H and O–H groups in total. The van der Waals surface area contributed by atoms with E-state index in [1.54, 1.807) is 7.11 Å². The number of methoxy groups -OCH3 is 1. The number of benzene rings is 2. The van der Waals surface area contributed by atoms with Gasteiger partial charge in [-0.05, 0) is 30.2 Å². The second-order valence-electron chi connectivity index (χ2n) is 5.73. The van der Waals surface area contributed by atoms with E-state index in [-0.39, 0.29) is 5.91 Å². The maximum Gasteiger partial charge on any atom is 0.226 e. The van der Waals surface area contributed by atoms with Crippen LogP contribution in [-0.4, -0.2) is 23.0 Å². The largest absolute Gasteiger partial charge is 0.494 e. The summed E-state index contributed by atoms with van der Waals surface area (Å²) in [6.07, 6.45) is 3.07. The maximum atomic E-state index is 12.3. The molecule has 0 fully saturated rings. The van der Waals surface area contributed by atoms with Crippen molar-refractivity contribution < 1.29 is 9.53 Å². The second kappa shape index (κ2) is 6.57. The lowest BCUT2D eigenvalue weighted by atomic mass is 10.1. The van der Waals surface area contributed by atoms with Crippen molar-refractivity contribution in [1.29, 1.82) is 0 Å². The number of hydrogen-bond donors (Lipinski definition) is 2. The van der Waals surface area contributed by atoms with Gasteiger partial charge in [-0.15, -0.1) is 0 Å². The summed E-state index contributed by atoms with van der Waals surface area (Å²) in [7, 11) is 1.62. The first-order valence-electron chi connectivity index (χ1n) is 8.03. The normalized spacial score (nSPS) is 11.1. The Hall–Kier alpha value is -2.86. The van der Waals surface area contributed by atoms with Gasteiger partial charge in [-0.2, -0.15) is 0 Å². The Morgan fingerprint density at radius 3 is 3.00 bits per heavy atom. The summed E-state index contributed by atoms with van der Waals surface area (Å²) < 4.78 is 6.30. The molecule has 0 radical (unpaired) electrons. The Balaban J connectivity index is 1.45. The zero-order chi connectivity index (χ0) is 17.2. The lowest BCUT2D eigenvalue weighted by Gasteiger charge is -2.01. The SMILES string of the molecule is COc1cccc2sc(NC(=O)CCc3c[nH]c4ccccc34)nc12. The highest BCUT2D eigenvalue weighted by Gasteiger charge is 2.12. The van der Waals surface area contributed by atoms with Crippen LogP contribution in [0.3, 0.4) is 0 Å². The molecule has 0 aliphatic carbocycles. The van der Waals surface area contributed by atoms with Gasteiger partial charge in [-0.25, -0.2) is 4.98 Å². The smallest absolute Gasteiger partial charge is 0.226 e. The quantitative estimate of drug-likeness (QED) is 0.561. The van der Waals surface area contributed by atoms with Crippen LogP contribution in [0.5, 0.6) is 5.75 Å². The van der Waals surface area contributed by atoms with Crippen LogP contribution in [0.15, 0.2) is 48.7 Å². The molecule has 1 amide bonds. The van der Waals surface area contributed by atoms with E-state index in [1.807, 2.05) is 42.6 Å². The van der Waals surface area contributed by atoms with Crippen LogP contribution in [0.1, 0.15) is 12.0 Å². The predicted octanol–water partition coefficient (Wildman–Crippen LogP) is 4.36. The van der Waals surface area contributed by atoms with Crippen molar-refractivity contribution in [2.24, 2.45) is 0 Å². The van der Waals surface area contributed by atoms with Gasteiger partial charge in [0.05, 0.1) is 11.8 Å². The van der Waals surface area contributed by atoms with Crippen LogP contribution < -0.4 is 10.1 Å². The number of hydrogen-bond acceptors (Lipinski definition) is 4. The molecule has 0 bridgehead atoms. The molecular weight excluding hydrogens is 334 g/mol. The van der Waals surface area contributed by atoms with E-state index < -0.39 is 0 Å². The van der Waals surface area contributed by atoms with Crippen molar-refractivity contribution >= 4 is 43.5 Å². The molecule has 126 valence electrons. The summed E-state index contributed by atoms with van der Waals surface area (Å²) in [5.41, 5.74) is 3.02. The van der Waals surface area contributed by atoms with Crippen molar-refractivity contribution in [3.63, 3.8) is 0 Å². The number of carbonyl (C=O) groups is 1. The average molecular weight is 351 g/mol.